The molecule has 4 nitrogen and oxygen atoms in total. The average molecular weight is 348 g/mol. The molecule has 1 aromatic carbocycles. The van der Waals surface area contributed by atoms with E-state index < -0.39 is 11.9 Å². The van der Waals surface area contributed by atoms with Gasteiger partial charge in [-0.25, -0.2) is 9.59 Å². The lowest BCUT2D eigenvalue weighted by Gasteiger charge is -2.18. The van der Waals surface area contributed by atoms with E-state index in [1.807, 2.05) is 20.8 Å². The van der Waals surface area contributed by atoms with Crippen LogP contribution >= 0.6 is 0 Å². The first-order valence-electron chi connectivity index (χ1n) is 9.39. The highest BCUT2D eigenvalue weighted by Crippen LogP contribution is 2.27. The Labute approximate surface area is 151 Å². The zero-order valence-corrected chi connectivity index (χ0v) is 16.3. The maximum atomic E-state index is 12.5. The largest absolute Gasteiger partial charge is 0.478 e. The first kappa shape index (κ1) is 21.2. The summed E-state index contributed by atoms with van der Waals surface area (Å²) in [4.78, 5) is 24.4. The van der Waals surface area contributed by atoms with Gasteiger partial charge in [0, 0.05) is 0 Å². The lowest BCUT2D eigenvalue weighted by atomic mass is 9.88. The van der Waals surface area contributed by atoms with Gasteiger partial charge in [-0.1, -0.05) is 40.5 Å². The van der Waals surface area contributed by atoms with Gasteiger partial charge in [-0.05, 0) is 61.3 Å². The van der Waals surface area contributed by atoms with Gasteiger partial charge in [0.15, 0.2) is 0 Å². The molecule has 140 valence electrons. The van der Waals surface area contributed by atoms with Gasteiger partial charge >= 0.3 is 11.9 Å². The molecule has 0 saturated heterocycles. The number of ether oxygens (including phenoxy) is 1. The zero-order chi connectivity index (χ0) is 19.0. The predicted octanol–water partition coefficient (Wildman–Crippen LogP) is 5.19. The van der Waals surface area contributed by atoms with Gasteiger partial charge in [0.05, 0.1) is 17.7 Å². The van der Waals surface area contributed by atoms with Crippen molar-refractivity contribution < 1.29 is 19.4 Å². The molecule has 0 aliphatic heterocycles. The Hall–Kier alpha value is -1.84. The fourth-order valence-electron chi connectivity index (χ4n) is 3.06. The maximum absolute atomic E-state index is 12.5. The van der Waals surface area contributed by atoms with Gasteiger partial charge in [0.1, 0.15) is 0 Å². The number of esters is 1. The average Bonchev–Trinajstić information content (AvgIpc) is 2.55. The summed E-state index contributed by atoms with van der Waals surface area (Å²) in [6.45, 7) is 10.6. The molecule has 1 rings (SSSR count). The van der Waals surface area contributed by atoms with Crippen LogP contribution in [0.15, 0.2) is 6.07 Å². The van der Waals surface area contributed by atoms with Gasteiger partial charge in [-0.15, -0.1) is 0 Å². The van der Waals surface area contributed by atoms with E-state index >= 15 is 0 Å². The third-order valence-electron chi connectivity index (χ3n) is 4.58. The van der Waals surface area contributed by atoms with Crippen molar-refractivity contribution in [1.82, 2.24) is 0 Å². The first-order chi connectivity index (χ1) is 11.8. The third-order valence-corrected chi connectivity index (χ3v) is 4.58. The molecule has 0 bridgehead atoms. The van der Waals surface area contributed by atoms with Gasteiger partial charge in [-0.3, -0.25) is 0 Å². The number of carbonyl (C=O) groups excluding carboxylic acids is 1. The van der Waals surface area contributed by atoms with Gasteiger partial charge in [0.25, 0.3) is 0 Å². The van der Waals surface area contributed by atoms with Crippen molar-refractivity contribution in [3.05, 3.63) is 33.9 Å². The van der Waals surface area contributed by atoms with Crippen LogP contribution in [0, 0.1) is 12.8 Å². The van der Waals surface area contributed by atoms with Crippen molar-refractivity contribution in [1.29, 1.82) is 0 Å². The molecule has 0 aromatic heterocycles. The highest BCUT2D eigenvalue weighted by atomic mass is 16.5. The lowest BCUT2D eigenvalue weighted by Crippen LogP contribution is -2.17. The summed E-state index contributed by atoms with van der Waals surface area (Å²) in [5.41, 5.74) is 3.13. The summed E-state index contributed by atoms with van der Waals surface area (Å²) in [5.74, 6) is -1.00. The standard InChI is InChI=1S/C21H32O4/c1-6-8-12-25-21(24)18-13-16(7-2)15(5)17(19(18)20(22)23)11-9-10-14(3)4/h13-14H,6-12H2,1-5H3,(H,22,23). The fraction of sp³-hybridized carbons (Fsp3) is 0.619. The number of benzene rings is 1. The second kappa shape index (κ2) is 10.2. The maximum Gasteiger partial charge on any atom is 0.339 e. The first-order valence-corrected chi connectivity index (χ1v) is 9.39. The number of aromatic carboxylic acids is 1. The summed E-state index contributed by atoms with van der Waals surface area (Å²) in [6.07, 6.45) is 5.09. The number of aryl methyl sites for hydroxylation is 1. The van der Waals surface area contributed by atoms with Crippen LogP contribution in [0.4, 0.5) is 0 Å². The number of hydrogen-bond acceptors (Lipinski definition) is 3. The quantitative estimate of drug-likeness (QED) is 0.467. The molecule has 0 aliphatic rings. The summed E-state index contributed by atoms with van der Waals surface area (Å²) >= 11 is 0. The Kier molecular flexibility index (Phi) is 8.67. The smallest absolute Gasteiger partial charge is 0.339 e. The Morgan fingerprint density at radius 2 is 1.88 bits per heavy atom. The molecule has 0 atom stereocenters. The van der Waals surface area contributed by atoms with E-state index in [9.17, 15) is 14.7 Å². The van der Waals surface area contributed by atoms with Crippen molar-refractivity contribution in [2.45, 2.75) is 73.1 Å². The van der Waals surface area contributed by atoms with Crippen molar-refractivity contribution in [2.24, 2.45) is 5.92 Å². The number of unbranched alkanes of at least 4 members (excludes halogenated alkanes) is 1. The summed E-state index contributed by atoms with van der Waals surface area (Å²) in [5, 5.41) is 9.76. The van der Waals surface area contributed by atoms with E-state index in [0.29, 0.717) is 18.9 Å². The van der Waals surface area contributed by atoms with Crippen LogP contribution in [0.3, 0.4) is 0 Å². The molecule has 1 N–H and O–H groups in total. The molecule has 0 spiro atoms. The topological polar surface area (TPSA) is 63.6 Å². The van der Waals surface area contributed by atoms with Crippen LogP contribution in [0.5, 0.6) is 0 Å². The monoisotopic (exact) mass is 348 g/mol. The minimum absolute atomic E-state index is 0.125. The number of rotatable bonds is 10. The molecular formula is C21H32O4. The molecule has 0 fully saturated rings. The predicted molar refractivity (Wildman–Crippen MR) is 100 cm³/mol. The summed E-state index contributed by atoms with van der Waals surface area (Å²) in [7, 11) is 0. The minimum Gasteiger partial charge on any atom is -0.478 e. The number of hydrogen-bond donors (Lipinski definition) is 1. The van der Waals surface area contributed by atoms with Gasteiger partial charge in [0.2, 0.25) is 0 Å². The lowest BCUT2D eigenvalue weighted by molar-refractivity contribution is 0.0489. The Morgan fingerprint density at radius 1 is 1.20 bits per heavy atom. The zero-order valence-electron chi connectivity index (χ0n) is 16.3. The summed E-state index contributed by atoms with van der Waals surface area (Å²) in [6, 6.07) is 1.71. The highest BCUT2D eigenvalue weighted by Gasteiger charge is 2.24. The van der Waals surface area contributed by atoms with Crippen LogP contribution in [0.1, 0.15) is 90.8 Å². The van der Waals surface area contributed by atoms with Gasteiger partial charge in [-0.2, -0.15) is 0 Å². The number of carboxylic acids is 1. The normalized spacial score (nSPS) is 11.0. The van der Waals surface area contributed by atoms with Gasteiger partial charge < -0.3 is 9.84 Å². The van der Waals surface area contributed by atoms with Crippen molar-refractivity contribution in [3.8, 4) is 0 Å². The fourth-order valence-corrected chi connectivity index (χ4v) is 3.06. The van der Waals surface area contributed by atoms with E-state index in [1.54, 1.807) is 6.07 Å². The van der Waals surface area contributed by atoms with Crippen molar-refractivity contribution in [3.63, 3.8) is 0 Å². The second-order valence-electron chi connectivity index (χ2n) is 7.00. The molecule has 0 heterocycles. The SMILES string of the molecule is CCCCOC(=O)c1cc(CC)c(C)c(CCCC(C)C)c1C(=O)O. The second-order valence-corrected chi connectivity index (χ2v) is 7.00. The molecule has 0 unspecified atom stereocenters. The van der Waals surface area contributed by atoms with E-state index in [4.69, 9.17) is 4.74 Å². The molecule has 4 heteroatoms. The number of carboxylic acid groups (broad SMARTS) is 1. The van der Waals surface area contributed by atoms with E-state index in [-0.39, 0.29) is 11.1 Å². The molecule has 1 aromatic rings. The molecule has 0 aliphatic carbocycles. The van der Waals surface area contributed by atoms with Crippen LogP contribution in [-0.4, -0.2) is 23.7 Å². The highest BCUT2D eigenvalue weighted by molar-refractivity contribution is 6.04. The Morgan fingerprint density at radius 3 is 2.40 bits per heavy atom. The molecule has 0 radical (unpaired) electrons. The molecular weight excluding hydrogens is 316 g/mol. The van der Waals surface area contributed by atoms with Crippen molar-refractivity contribution >= 4 is 11.9 Å². The van der Waals surface area contributed by atoms with Crippen LogP contribution < -0.4 is 0 Å². The van der Waals surface area contributed by atoms with Crippen LogP contribution in [0.2, 0.25) is 0 Å². The van der Waals surface area contributed by atoms with Crippen LogP contribution in [-0.2, 0) is 17.6 Å². The molecule has 0 saturated carbocycles. The van der Waals surface area contributed by atoms with Crippen LogP contribution in [0.25, 0.3) is 0 Å². The minimum atomic E-state index is -1.05. The van der Waals surface area contributed by atoms with Crippen molar-refractivity contribution in [2.75, 3.05) is 6.61 Å². The molecule has 0 amide bonds. The Bertz CT molecular complexity index is 602. The van der Waals surface area contributed by atoms with E-state index in [1.165, 1.54) is 0 Å². The Balaban J connectivity index is 3.29. The molecule has 25 heavy (non-hydrogen) atoms. The van der Waals surface area contributed by atoms with E-state index in [0.717, 1.165) is 48.8 Å². The third kappa shape index (κ3) is 5.87. The summed E-state index contributed by atoms with van der Waals surface area (Å²) < 4.78 is 5.29. The van der Waals surface area contributed by atoms with E-state index in [2.05, 4.69) is 13.8 Å². The number of carbonyl (C=O) groups is 2.